The monoisotopic (exact) mass is 291 g/mol. The molecule has 0 aromatic carbocycles. The van der Waals surface area contributed by atoms with Crippen LogP contribution in [0, 0.1) is 6.92 Å². The number of H-pyrrole nitrogens is 1. The third kappa shape index (κ3) is 3.50. The van der Waals surface area contributed by atoms with Crippen LogP contribution in [-0.4, -0.2) is 45.2 Å². The standard InChI is InChI=1S/C14H17N3O4/c1-3-6-17(8-13(18)19)14(20)11-7-10(15-16-11)12-5-4-9(2)21-12/h4-5,7H,3,6,8H2,1-2H3,(H,15,16)(H,18,19). The maximum Gasteiger partial charge on any atom is 0.323 e. The van der Waals surface area contributed by atoms with Crippen LogP contribution in [0.1, 0.15) is 29.6 Å². The zero-order chi connectivity index (χ0) is 15.4. The van der Waals surface area contributed by atoms with Gasteiger partial charge in [-0.3, -0.25) is 14.7 Å². The number of amides is 1. The number of aryl methyl sites for hydroxylation is 1. The van der Waals surface area contributed by atoms with Crippen LogP contribution in [0.5, 0.6) is 0 Å². The van der Waals surface area contributed by atoms with E-state index in [1.165, 1.54) is 4.90 Å². The molecule has 0 aliphatic rings. The van der Waals surface area contributed by atoms with Gasteiger partial charge in [0, 0.05) is 12.6 Å². The summed E-state index contributed by atoms with van der Waals surface area (Å²) in [5, 5.41) is 15.5. The Morgan fingerprint density at radius 3 is 2.76 bits per heavy atom. The van der Waals surface area contributed by atoms with Crippen molar-refractivity contribution in [2.45, 2.75) is 20.3 Å². The Morgan fingerprint density at radius 1 is 1.43 bits per heavy atom. The summed E-state index contributed by atoms with van der Waals surface area (Å²) in [5.41, 5.74) is 0.756. The lowest BCUT2D eigenvalue weighted by molar-refractivity contribution is -0.137. The molecular formula is C14H17N3O4. The van der Waals surface area contributed by atoms with E-state index in [0.717, 1.165) is 5.76 Å². The van der Waals surface area contributed by atoms with Crippen molar-refractivity contribution in [2.75, 3.05) is 13.1 Å². The number of hydrogen-bond acceptors (Lipinski definition) is 4. The number of nitrogens with zero attached hydrogens (tertiary/aromatic N) is 2. The molecule has 0 saturated heterocycles. The van der Waals surface area contributed by atoms with Gasteiger partial charge in [-0.05, 0) is 25.5 Å². The first-order valence-corrected chi connectivity index (χ1v) is 6.64. The second kappa shape index (κ2) is 6.25. The quantitative estimate of drug-likeness (QED) is 0.847. The van der Waals surface area contributed by atoms with E-state index >= 15 is 0 Å². The summed E-state index contributed by atoms with van der Waals surface area (Å²) in [4.78, 5) is 24.3. The van der Waals surface area contributed by atoms with E-state index in [9.17, 15) is 9.59 Å². The summed E-state index contributed by atoms with van der Waals surface area (Å²) in [5.74, 6) is -0.121. The topological polar surface area (TPSA) is 99.4 Å². The molecule has 2 N–H and O–H groups in total. The molecule has 0 bridgehead atoms. The lowest BCUT2D eigenvalue weighted by Gasteiger charge is -2.18. The van der Waals surface area contributed by atoms with Crippen molar-refractivity contribution >= 4 is 11.9 Å². The molecule has 1 amide bonds. The fraction of sp³-hybridized carbons (Fsp3) is 0.357. The van der Waals surface area contributed by atoms with Crippen molar-refractivity contribution in [3.05, 3.63) is 29.7 Å². The smallest absolute Gasteiger partial charge is 0.323 e. The number of aromatic amines is 1. The van der Waals surface area contributed by atoms with E-state index in [0.29, 0.717) is 24.4 Å². The molecule has 2 rings (SSSR count). The Labute approximate surface area is 121 Å². The van der Waals surface area contributed by atoms with Crippen LogP contribution in [0.15, 0.2) is 22.6 Å². The number of carboxylic acid groups (broad SMARTS) is 1. The summed E-state index contributed by atoms with van der Waals surface area (Å²) in [6, 6.07) is 5.15. The number of carbonyl (C=O) groups excluding carboxylic acids is 1. The zero-order valence-corrected chi connectivity index (χ0v) is 11.9. The number of carbonyl (C=O) groups is 2. The molecule has 112 valence electrons. The predicted octanol–water partition coefficient (Wildman–Crippen LogP) is 1.91. The lowest BCUT2D eigenvalue weighted by atomic mass is 10.2. The fourth-order valence-electron chi connectivity index (χ4n) is 1.98. The van der Waals surface area contributed by atoms with Gasteiger partial charge in [-0.25, -0.2) is 0 Å². The highest BCUT2D eigenvalue weighted by molar-refractivity contribution is 5.94. The molecular weight excluding hydrogens is 274 g/mol. The Balaban J connectivity index is 2.18. The minimum atomic E-state index is -1.05. The molecule has 2 aromatic heterocycles. The van der Waals surface area contributed by atoms with Gasteiger partial charge in [-0.15, -0.1) is 0 Å². The minimum absolute atomic E-state index is 0.175. The maximum absolute atomic E-state index is 12.3. The second-order valence-corrected chi connectivity index (χ2v) is 4.70. The van der Waals surface area contributed by atoms with Crippen molar-refractivity contribution in [3.8, 4) is 11.5 Å². The third-order valence-electron chi connectivity index (χ3n) is 2.91. The van der Waals surface area contributed by atoms with E-state index in [4.69, 9.17) is 9.52 Å². The first kappa shape index (κ1) is 14.8. The molecule has 0 fully saturated rings. The van der Waals surface area contributed by atoms with Crippen molar-refractivity contribution in [2.24, 2.45) is 0 Å². The lowest BCUT2D eigenvalue weighted by Crippen LogP contribution is -2.36. The molecule has 0 spiro atoms. The van der Waals surface area contributed by atoms with Crippen molar-refractivity contribution < 1.29 is 19.1 Å². The van der Waals surface area contributed by atoms with Gasteiger partial charge < -0.3 is 14.4 Å². The van der Waals surface area contributed by atoms with Gasteiger partial charge in [0.2, 0.25) is 0 Å². The van der Waals surface area contributed by atoms with Gasteiger partial charge in [0.15, 0.2) is 11.5 Å². The van der Waals surface area contributed by atoms with Gasteiger partial charge in [-0.2, -0.15) is 5.10 Å². The van der Waals surface area contributed by atoms with Crippen LogP contribution in [0.4, 0.5) is 0 Å². The summed E-state index contributed by atoms with van der Waals surface area (Å²) < 4.78 is 5.44. The average Bonchev–Trinajstić information content (AvgIpc) is 3.05. The Hall–Kier alpha value is -2.57. The molecule has 7 nitrogen and oxygen atoms in total. The van der Waals surface area contributed by atoms with Gasteiger partial charge in [0.05, 0.1) is 0 Å². The fourth-order valence-corrected chi connectivity index (χ4v) is 1.98. The highest BCUT2D eigenvalue weighted by atomic mass is 16.4. The number of aromatic nitrogens is 2. The Kier molecular flexibility index (Phi) is 4.42. The number of hydrogen-bond donors (Lipinski definition) is 2. The second-order valence-electron chi connectivity index (χ2n) is 4.70. The van der Waals surface area contributed by atoms with E-state index in [1.54, 1.807) is 12.1 Å². The first-order valence-electron chi connectivity index (χ1n) is 6.64. The largest absolute Gasteiger partial charge is 0.480 e. The van der Waals surface area contributed by atoms with Gasteiger partial charge >= 0.3 is 5.97 Å². The maximum atomic E-state index is 12.3. The molecule has 0 aliphatic heterocycles. The minimum Gasteiger partial charge on any atom is -0.480 e. The molecule has 2 heterocycles. The Bertz CT molecular complexity index is 644. The number of rotatable bonds is 6. The normalized spacial score (nSPS) is 10.6. The molecule has 0 atom stereocenters. The molecule has 0 unspecified atom stereocenters. The molecule has 21 heavy (non-hydrogen) atoms. The van der Waals surface area contributed by atoms with Gasteiger partial charge in [0.1, 0.15) is 18.0 Å². The Morgan fingerprint density at radius 2 is 2.19 bits per heavy atom. The molecule has 0 aliphatic carbocycles. The highest BCUT2D eigenvalue weighted by Gasteiger charge is 2.21. The average molecular weight is 291 g/mol. The van der Waals surface area contributed by atoms with Gasteiger partial charge in [-0.1, -0.05) is 6.92 Å². The van der Waals surface area contributed by atoms with E-state index in [1.807, 2.05) is 19.9 Å². The molecule has 0 saturated carbocycles. The van der Waals surface area contributed by atoms with Crippen molar-refractivity contribution in [1.82, 2.24) is 15.1 Å². The number of nitrogens with one attached hydrogen (secondary N) is 1. The van der Waals surface area contributed by atoms with Crippen LogP contribution < -0.4 is 0 Å². The van der Waals surface area contributed by atoms with Crippen molar-refractivity contribution in [1.29, 1.82) is 0 Å². The summed E-state index contributed by atoms with van der Waals surface area (Å²) in [6.07, 6.45) is 0.674. The van der Waals surface area contributed by atoms with Crippen LogP contribution in [0.2, 0.25) is 0 Å². The highest BCUT2D eigenvalue weighted by Crippen LogP contribution is 2.20. The van der Waals surface area contributed by atoms with Crippen LogP contribution in [0.25, 0.3) is 11.5 Å². The summed E-state index contributed by atoms with van der Waals surface area (Å²) in [7, 11) is 0. The molecule has 2 aromatic rings. The van der Waals surface area contributed by atoms with Crippen molar-refractivity contribution in [3.63, 3.8) is 0 Å². The number of aliphatic carboxylic acids is 1. The number of carboxylic acids is 1. The van der Waals surface area contributed by atoms with Crippen LogP contribution in [-0.2, 0) is 4.79 Å². The number of furan rings is 1. The molecule has 0 radical (unpaired) electrons. The first-order chi connectivity index (χ1) is 10.0. The van der Waals surface area contributed by atoms with E-state index < -0.39 is 11.9 Å². The van der Waals surface area contributed by atoms with E-state index in [2.05, 4.69) is 10.2 Å². The van der Waals surface area contributed by atoms with Gasteiger partial charge in [0.25, 0.3) is 5.91 Å². The SMILES string of the molecule is CCCN(CC(=O)O)C(=O)c1cc(-c2ccc(C)o2)[nH]n1. The van der Waals surface area contributed by atoms with E-state index in [-0.39, 0.29) is 12.2 Å². The van der Waals surface area contributed by atoms with Crippen LogP contribution in [0.3, 0.4) is 0 Å². The van der Waals surface area contributed by atoms with Crippen LogP contribution >= 0.6 is 0 Å². The molecule has 7 heteroatoms. The summed E-state index contributed by atoms with van der Waals surface area (Å²) in [6.45, 7) is 3.73. The summed E-state index contributed by atoms with van der Waals surface area (Å²) >= 11 is 0. The zero-order valence-electron chi connectivity index (χ0n) is 11.9. The third-order valence-corrected chi connectivity index (χ3v) is 2.91. The predicted molar refractivity (Wildman–Crippen MR) is 74.9 cm³/mol.